The Morgan fingerprint density at radius 1 is 1.21 bits per heavy atom. The zero-order chi connectivity index (χ0) is 22.2. The summed E-state index contributed by atoms with van der Waals surface area (Å²) in [6, 6.07) is -0.160. The van der Waals surface area contributed by atoms with Crippen molar-refractivity contribution in [1.29, 1.82) is 0 Å². The van der Waals surface area contributed by atoms with Gasteiger partial charge in [0, 0.05) is 31.0 Å². The van der Waals surface area contributed by atoms with Crippen LogP contribution < -0.4 is 10.6 Å². The number of allylic oxidation sites excluding steroid dienone is 1. The SMILES string of the molecule is C=CCC1C[C@@H]2[C@@H](CCN2C(=O)OC(C)(C)C)C1(NC(C)=O)C(=O)NC(C)(C)C. The van der Waals surface area contributed by atoms with Crippen LogP contribution in [0.5, 0.6) is 0 Å². The number of nitrogens with zero attached hydrogens (tertiary/aromatic N) is 1. The topological polar surface area (TPSA) is 87.7 Å². The van der Waals surface area contributed by atoms with Crippen LogP contribution >= 0.6 is 0 Å². The van der Waals surface area contributed by atoms with Crippen LogP contribution in [0.4, 0.5) is 4.79 Å². The summed E-state index contributed by atoms with van der Waals surface area (Å²) in [6.45, 7) is 17.1. The van der Waals surface area contributed by atoms with Gasteiger partial charge in [0.05, 0.1) is 0 Å². The first-order valence-electron chi connectivity index (χ1n) is 10.4. The van der Waals surface area contributed by atoms with Gasteiger partial charge in [-0.2, -0.15) is 0 Å². The molecule has 1 saturated heterocycles. The molecule has 2 fully saturated rings. The molecule has 2 rings (SSSR count). The fourth-order valence-corrected chi connectivity index (χ4v) is 4.83. The smallest absolute Gasteiger partial charge is 0.410 e. The number of hydrogen-bond acceptors (Lipinski definition) is 4. The highest BCUT2D eigenvalue weighted by atomic mass is 16.6. The van der Waals surface area contributed by atoms with E-state index in [-0.39, 0.29) is 35.8 Å². The van der Waals surface area contributed by atoms with Crippen LogP contribution in [0.15, 0.2) is 12.7 Å². The minimum Gasteiger partial charge on any atom is -0.444 e. The Labute approximate surface area is 174 Å². The number of hydrogen-bond donors (Lipinski definition) is 2. The maximum absolute atomic E-state index is 13.6. The quantitative estimate of drug-likeness (QED) is 0.701. The van der Waals surface area contributed by atoms with Crippen molar-refractivity contribution in [3.05, 3.63) is 12.7 Å². The van der Waals surface area contributed by atoms with Crippen molar-refractivity contribution in [3.63, 3.8) is 0 Å². The normalized spacial score (nSPS) is 29.2. The maximum Gasteiger partial charge on any atom is 0.410 e. The average molecular weight is 408 g/mol. The number of carbonyl (C=O) groups is 3. The summed E-state index contributed by atoms with van der Waals surface area (Å²) in [6.07, 6.45) is 3.25. The Morgan fingerprint density at radius 2 is 1.83 bits per heavy atom. The highest BCUT2D eigenvalue weighted by Crippen LogP contribution is 2.50. The van der Waals surface area contributed by atoms with E-state index in [1.165, 1.54) is 6.92 Å². The molecule has 7 heteroatoms. The van der Waals surface area contributed by atoms with Crippen molar-refractivity contribution in [2.45, 2.75) is 90.4 Å². The lowest BCUT2D eigenvalue weighted by molar-refractivity contribution is -0.137. The second-order valence-electron chi connectivity index (χ2n) is 10.3. The van der Waals surface area contributed by atoms with Gasteiger partial charge in [0.2, 0.25) is 11.8 Å². The molecule has 0 aromatic carbocycles. The van der Waals surface area contributed by atoms with Gasteiger partial charge in [0.1, 0.15) is 11.1 Å². The molecular weight excluding hydrogens is 370 g/mol. The molecule has 2 unspecified atom stereocenters. The van der Waals surface area contributed by atoms with Gasteiger partial charge in [-0.15, -0.1) is 6.58 Å². The molecule has 1 saturated carbocycles. The number of fused-ring (bicyclic) bond motifs is 1. The van der Waals surface area contributed by atoms with E-state index >= 15 is 0 Å². The number of carbonyl (C=O) groups excluding carboxylic acids is 3. The zero-order valence-corrected chi connectivity index (χ0v) is 18.9. The van der Waals surface area contributed by atoms with E-state index in [0.717, 1.165) is 0 Å². The van der Waals surface area contributed by atoms with E-state index in [9.17, 15) is 14.4 Å². The van der Waals surface area contributed by atoms with Gasteiger partial charge in [-0.3, -0.25) is 9.59 Å². The van der Waals surface area contributed by atoms with E-state index in [4.69, 9.17) is 4.74 Å². The molecule has 0 aromatic rings. The van der Waals surface area contributed by atoms with Crippen LogP contribution in [-0.2, 0) is 14.3 Å². The Morgan fingerprint density at radius 3 is 2.31 bits per heavy atom. The van der Waals surface area contributed by atoms with Gasteiger partial charge >= 0.3 is 6.09 Å². The monoisotopic (exact) mass is 407 g/mol. The van der Waals surface area contributed by atoms with E-state index in [0.29, 0.717) is 25.8 Å². The minimum atomic E-state index is -1.07. The Bertz CT molecular complexity index is 677. The summed E-state index contributed by atoms with van der Waals surface area (Å²) in [7, 11) is 0. The summed E-state index contributed by atoms with van der Waals surface area (Å²) in [5, 5.41) is 6.08. The van der Waals surface area contributed by atoms with Crippen LogP contribution in [0.3, 0.4) is 0 Å². The van der Waals surface area contributed by atoms with Crippen LogP contribution in [0.2, 0.25) is 0 Å². The van der Waals surface area contributed by atoms with E-state index < -0.39 is 16.7 Å². The first-order chi connectivity index (χ1) is 13.2. The van der Waals surface area contributed by atoms with Crippen molar-refractivity contribution >= 4 is 17.9 Å². The van der Waals surface area contributed by atoms with Gasteiger partial charge in [-0.05, 0) is 66.7 Å². The molecule has 4 atom stereocenters. The highest BCUT2D eigenvalue weighted by Gasteiger charge is 2.63. The summed E-state index contributed by atoms with van der Waals surface area (Å²) < 4.78 is 5.59. The molecule has 2 N–H and O–H groups in total. The molecular formula is C22H37N3O4. The van der Waals surface area contributed by atoms with Gasteiger partial charge in [0.25, 0.3) is 0 Å². The molecule has 164 valence electrons. The predicted molar refractivity (Wildman–Crippen MR) is 112 cm³/mol. The Balaban J connectivity index is 2.43. The fraction of sp³-hybridized carbons (Fsp3) is 0.773. The molecule has 29 heavy (non-hydrogen) atoms. The Kier molecular flexibility index (Phi) is 6.40. The lowest BCUT2D eigenvalue weighted by Crippen LogP contribution is -2.66. The first-order valence-corrected chi connectivity index (χ1v) is 10.4. The number of likely N-dealkylation sites (tertiary alicyclic amines) is 1. The van der Waals surface area contributed by atoms with E-state index in [1.807, 2.05) is 41.5 Å². The lowest BCUT2D eigenvalue weighted by atomic mass is 9.76. The second kappa shape index (κ2) is 8.00. The molecule has 1 aliphatic heterocycles. The van der Waals surface area contributed by atoms with Crippen molar-refractivity contribution in [1.82, 2.24) is 15.5 Å². The number of rotatable bonds is 4. The van der Waals surface area contributed by atoms with Gasteiger partial charge in [-0.25, -0.2) is 4.79 Å². The molecule has 1 aliphatic carbocycles. The Hall–Kier alpha value is -2.05. The molecule has 0 spiro atoms. The van der Waals surface area contributed by atoms with E-state index in [2.05, 4.69) is 17.2 Å². The number of ether oxygens (including phenoxy) is 1. The van der Waals surface area contributed by atoms with Crippen molar-refractivity contribution in [3.8, 4) is 0 Å². The molecule has 0 bridgehead atoms. The third-order valence-corrected chi connectivity index (χ3v) is 5.63. The van der Waals surface area contributed by atoms with Crippen LogP contribution in [-0.4, -0.2) is 52.1 Å². The largest absolute Gasteiger partial charge is 0.444 e. The summed E-state index contributed by atoms with van der Waals surface area (Å²) in [4.78, 5) is 40.3. The summed E-state index contributed by atoms with van der Waals surface area (Å²) >= 11 is 0. The first kappa shape index (κ1) is 23.2. The van der Waals surface area contributed by atoms with Crippen molar-refractivity contribution < 1.29 is 19.1 Å². The van der Waals surface area contributed by atoms with Gasteiger partial charge in [0.15, 0.2) is 0 Å². The van der Waals surface area contributed by atoms with Crippen LogP contribution in [0.1, 0.15) is 67.7 Å². The zero-order valence-electron chi connectivity index (χ0n) is 18.9. The third kappa shape index (κ3) is 4.93. The van der Waals surface area contributed by atoms with Crippen molar-refractivity contribution in [2.75, 3.05) is 6.54 Å². The molecule has 1 heterocycles. The summed E-state index contributed by atoms with van der Waals surface area (Å²) in [5.74, 6) is -0.761. The second-order valence-corrected chi connectivity index (χ2v) is 10.3. The standard InChI is InChI=1S/C22H37N3O4/c1-9-10-15-13-17-16(11-12-25(17)19(28)29-21(6,7)8)22(15,23-14(2)26)18(27)24-20(3,4)5/h9,15-17H,1,10-13H2,2-8H3,(H,23,26)(H,24,27)/t15?,16-,17-,22?/m1/s1. The average Bonchev–Trinajstić information content (AvgIpc) is 3.03. The maximum atomic E-state index is 13.6. The third-order valence-electron chi connectivity index (χ3n) is 5.63. The molecule has 3 amide bonds. The molecule has 2 aliphatic rings. The lowest BCUT2D eigenvalue weighted by Gasteiger charge is -2.40. The van der Waals surface area contributed by atoms with Crippen molar-refractivity contribution in [2.24, 2.45) is 11.8 Å². The van der Waals surface area contributed by atoms with E-state index in [1.54, 1.807) is 11.0 Å². The minimum absolute atomic E-state index is 0.147. The molecule has 7 nitrogen and oxygen atoms in total. The molecule has 0 aromatic heterocycles. The van der Waals surface area contributed by atoms with Gasteiger partial charge in [-0.1, -0.05) is 6.08 Å². The van der Waals surface area contributed by atoms with Crippen LogP contribution in [0.25, 0.3) is 0 Å². The van der Waals surface area contributed by atoms with Gasteiger partial charge < -0.3 is 20.3 Å². The number of amides is 3. The highest BCUT2D eigenvalue weighted by molar-refractivity contribution is 5.93. The van der Waals surface area contributed by atoms with Crippen LogP contribution in [0, 0.1) is 11.8 Å². The predicted octanol–water partition coefficient (Wildman–Crippen LogP) is 3.00. The fourth-order valence-electron chi connectivity index (χ4n) is 4.83. The summed E-state index contributed by atoms with van der Waals surface area (Å²) in [5.41, 5.74) is -2.11. The molecule has 0 radical (unpaired) electrons. The number of nitrogens with one attached hydrogen (secondary N) is 2.